The van der Waals surface area contributed by atoms with Crippen LogP contribution in [0.1, 0.15) is 18.0 Å². The predicted molar refractivity (Wildman–Crippen MR) is 53.7 cm³/mol. The van der Waals surface area contributed by atoms with Gasteiger partial charge in [0.15, 0.2) is 0 Å². The van der Waals surface area contributed by atoms with Gasteiger partial charge in [0.25, 0.3) is 0 Å². The fraction of sp³-hybridized carbons (Fsp3) is 0.273. The molecule has 2 heteroatoms. The van der Waals surface area contributed by atoms with E-state index in [0.717, 1.165) is 6.54 Å². The van der Waals surface area contributed by atoms with E-state index in [4.69, 9.17) is 0 Å². The summed E-state index contributed by atoms with van der Waals surface area (Å²) in [5.74, 6) is 0. The molecule has 0 spiro atoms. The van der Waals surface area contributed by atoms with Gasteiger partial charge in [-0.05, 0) is 42.1 Å². The zero-order valence-electron chi connectivity index (χ0n) is 7.38. The summed E-state index contributed by atoms with van der Waals surface area (Å²) < 4.78 is 0. The maximum atomic E-state index is 3.41. The first-order chi connectivity index (χ1) is 6.43. The Labute approximate surface area is 77.0 Å². The lowest BCUT2D eigenvalue weighted by molar-refractivity contribution is 0.383. The highest BCUT2D eigenvalue weighted by atomic mass is 15.0. The molecule has 2 heterocycles. The average Bonchev–Trinajstić information content (AvgIpc) is 2.47. The summed E-state index contributed by atoms with van der Waals surface area (Å²) in [5.41, 5.74) is 2.64. The molecule has 0 amide bonds. The van der Waals surface area contributed by atoms with Gasteiger partial charge in [-0.3, -0.25) is 0 Å². The summed E-state index contributed by atoms with van der Waals surface area (Å²) in [5, 5.41) is 4.72. The number of aromatic nitrogens is 1. The second kappa shape index (κ2) is 2.60. The molecule has 0 aliphatic carbocycles. The van der Waals surface area contributed by atoms with Crippen molar-refractivity contribution < 1.29 is 0 Å². The number of benzene rings is 1. The van der Waals surface area contributed by atoms with Crippen molar-refractivity contribution in [2.24, 2.45) is 0 Å². The van der Waals surface area contributed by atoms with Gasteiger partial charge in [0.2, 0.25) is 0 Å². The van der Waals surface area contributed by atoms with E-state index in [1.165, 1.54) is 22.9 Å². The van der Waals surface area contributed by atoms with Crippen molar-refractivity contribution in [3.05, 3.63) is 36.0 Å². The van der Waals surface area contributed by atoms with Gasteiger partial charge in [-0.1, -0.05) is 6.07 Å². The summed E-state index contributed by atoms with van der Waals surface area (Å²) in [6.07, 6.45) is 3.26. The number of nitrogens with one attached hydrogen (secondary N) is 2. The number of rotatable bonds is 1. The van der Waals surface area contributed by atoms with Gasteiger partial charge in [-0.25, -0.2) is 0 Å². The van der Waals surface area contributed by atoms with Crippen LogP contribution in [0.25, 0.3) is 10.9 Å². The van der Waals surface area contributed by atoms with Crippen LogP contribution in [-0.2, 0) is 0 Å². The first kappa shape index (κ1) is 7.15. The molecule has 0 radical (unpaired) electrons. The Morgan fingerprint density at radius 1 is 1.23 bits per heavy atom. The van der Waals surface area contributed by atoms with Crippen molar-refractivity contribution >= 4 is 10.9 Å². The smallest absolute Gasteiger partial charge is 0.0454 e. The molecule has 1 unspecified atom stereocenters. The zero-order chi connectivity index (χ0) is 8.67. The van der Waals surface area contributed by atoms with Crippen molar-refractivity contribution in [3.63, 3.8) is 0 Å². The summed E-state index contributed by atoms with van der Waals surface area (Å²) in [6, 6.07) is 9.35. The van der Waals surface area contributed by atoms with Gasteiger partial charge < -0.3 is 10.3 Å². The van der Waals surface area contributed by atoms with Crippen LogP contribution < -0.4 is 5.32 Å². The topological polar surface area (TPSA) is 27.8 Å². The van der Waals surface area contributed by atoms with Gasteiger partial charge in [0, 0.05) is 17.8 Å². The number of hydrogen-bond donors (Lipinski definition) is 2. The molecule has 2 nitrogen and oxygen atoms in total. The van der Waals surface area contributed by atoms with Gasteiger partial charge in [-0.2, -0.15) is 0 Å². The molecule has 1 fully saturated rings. The number of aromatic amines is 1. The molecule has 1 aromatic heterocycles. The third-order valence-corrected chi connectivity index (χ3v) is 2.80. The van der Waals surface area contributed by atoms with Crippen molar-refractivity contribution in [1.82, 2.24) is 10.3 Å². The maximum Gasteiger partial charge on any atom is 0.0454 e. The van der Waals surface area contributed by atoms with Crippen molar-refractivity contribution in [2.75, 3.05) is 6.54 Å². The van der Waals surface area contributed by atoms with Crippen LogP contribution in [0.5, 0.6) is 0 Å². The molecule has 1 aliphatic heterocycles. The third kappa shape index (κ3) is 1.06. The van der Waals surface area contributed by atoms with E-state index in [9.17, 15) is 0 Å². The first-order valence-corrected chi connectivity index (χ1v) is 4.74. The van der Waals surface area contributed by atoms with Crippen molar-refractivity contribution in [1.29, 1.82) is 0 Å². The fourth-order valence-corrected chi connectivity index (χ4v) is 1.86. The summed E-state index contributed by atoms with van der Waals surface area (Å²) in [4.78, 5) is 3.20. The van der Waals surface area contributed by atoms with Crippen LogP contribution in [0.4, 0.5) is 0 Å². The maximum absolute atomic E-state index is 3.41. The van der Waals surface area contributed by atoms with Crippen molar-refractivity contribution in [3.8, 4) is 0 Å². The highest BCUT2D eigenvalue weighted by Crippen LogP contribution is 2.25. The molecule has 1 aliphatic rings. The van der Waals surface area contributed by atoms with Crippen LogP contribution in [0.3, 0.4) is 0 Å². The number of hydrogen-bond acceptors (Lipinski definition) is 1. The minimum atomic E-state index is 0.597. The molecule has 0 bridgehead atoms. The van der Waals surface area contributed by atoms with E-state index in [0.29, 0.717) is 6.04 Å². The first-order valence-electron chi connectivity index (χ1n) is 4.74. The van der Waals surface area contributed by atoms with Gasteiger partial charge >= 0.3 is 0 Å². The fourth-order valence-electron chi connectivity index (χ4n) is 1.86. The molecule has 2 N–H and O–H groups in total. The summed E-state index contributed by atoms with van der Waals surface area (Å²) >= 11 is 0. The predicted octanol–water partition coefficient (Wildman–Crippen LogP) is 2.20. The standard InChI is InChI=1S/C11H12N2/c1-2-10-9(3-5-12-10)7-8(1)11-4-6-13-11/h1-3,5,7,11-13H,4,6H2. The van der Waals surface area contributed by atoms with E-state index >= 15 is 0 Å². The minimum Gasteiger partial charge on any atom is -0.361 e. The molecule has 1 aromatic carbocycles. The van der Waals surface area contributed by atoms with E-state index in [2.05, 4.69) is 34.6 Å². The Bertz CT molecular complexity index is 426. The number of fused-ring (bicyclic) bond motifs is 1. The highest BCUT2D eigenvalue weighted by molar-refractivity contribution is 5.80. The lowest BCUT2D eigenvalue weighted by atomic mass is 9.97. The molecule has 66 valence electrons. The Hall–Kier alpha value is -1.28. The Kier molecular flexibility index (Phi) is 1.43. The molecule has 1 saturated heterocycles. The molecular weight excluding hydrogens is 160 g/mol. The quantitative estimate of drug-likeness (QED) is 0.678. The van der Waals surface area contributed by atoms with E-state index in [1.807, 2.05) is 6.20 Å². The molecular formula is C11H12N2. The summed E-state index contributed by atoms with van der Waals surface area (Å²) in [6.45, 7) is 1.16. The van der Waals surface area contributed by atoms with E-state index in [-0.39, 0.29) is 0 Å². The monoisotopic (exact) mass is 172 g/mol. The van der Waals surface area contributed by atoms with Gasteiger partial charge in [-0.15, -0.1) is 0 Å². The normalized spacial score (nSPS) is 21.7. The van der Waals surface area contributed by atoms with E-state index < -0.39 is 0 Å². The van der Waals surface area contributed by atoms with Crippen LogP contribution in [-0.4, -0.2) is 11.5 Å². The Balaban J connectivity index is 2.09. The largest absolute Gasteiger partial charge is 0.361 e. The number of H-pyrrole nitrogens is 1. The second-order valence-corrected chi connectivity index (χ2v) is 3.62. The SMILES string of the molecule is c1cc2cc(C3CCN3)ccc2[nH]1. The lowest BCUT2D eigenvalue weighted by Gasteiger charge is -2.28. The molecule has 0 saturated carbocycles. The molecule has 1 atom stereocenters. The lowest BCUT2D eigenvalue weighted by Crippen LogP contribution is -2.34. The van der Waals surface area contributed by atoms with Crippen molar-refractivity contribution in [2.45, 2.75) is 12.5 Å². The summed E-state index contributed by atoms with van der Waals surface area (Å²) in [7, 11) is 0. The van der Waals surface area contributed by atoms with Crippen LogP contribution in [0.15, 0.2) is 30.5 Å². The van der Waals surface area contributed by atoms with Gasteiger partial charge in [0.1, 0.15) is 0 Å². The Morgan fingerprint density at radius 2 is 2.15 bits per heavy atom. The van der Waals surface area contributed by atoms with Crippen LogP contribution in [0.2, 0.25) is 0 Å². The zero-order valence-corrected chi connectivity index (χ0v) is 7.38. The molecule has 2 aromatic rings. The Morgan fingerprint density at radius 3 is 2.92 bits per heavy atom. The van der Waals surface area contributed by atoms with E-state index in [1.54, 1.807) is 0 Å². The van der Waals surface area contributed by atoms with Crippen LogP contribution in [0, 0.1) is 0 Å². The van der Waals surface area contributed by atoms with Crippen LogP contribution >= 0.6 is 0 Å². The van der Waals surface area contributed by atoms with Gasteiger partial charge in [0.05, 0.1) is 0 Å². The minimum absolute atomic E-state index is 0.597. The average molecular weight is 172 g/mol. The molecule has 13 heavy (non-hydrogen) atoms. The third-order valence-electron chi connectivity index (χ3n) is 2.80. The highest BCUT2D eigenvalue weighted by Gasteiger charge is 2.18. The second-order valence-electron chi connectivity index (χ2n) is 3.62. The molecule has 3 rings (SSSR count).